The van der Waals surface area contributed by atoms with Crippen LogP contribution in [0.15, 0.2) is 18.2 Å². The molecule has 1 aromatic carbocycles. The van der Waals surface area contributed by atoms with Crippen molar-refractivity contribution in [2.75, 3.05) is 27.3 Å². The van der Waals surface area contributed by atoms with Gasteiger partial charge < -0.3 is 19.7 Å². The van der Waals surface area contributed by atoms with Gasteiger partial charge in [-0.1, -0.05) is 6.42 Å². The Bertz CT molecular complexity index is 630. The molecule has 1 saturated carbocycles. The minimum Gasteiger partial charge on any atom is -0.497 e. The van der Waals surface area contributed by atoms with Crippen LogP contribution in [0.5, 0.6) is 11.5 Å². The molecule has 150 valence electrons. The number of methoxy groups -OCH3 is 2. The summed E-state index contributed by atoms with van der Waals surface area (Å²) in [4.78, 5) is 15.2. The lowest BCUT2D eigenvalue weighted by Crippen LogP contribution is -2.50. The minimum atomic E-state index is 0.119. The van der Waals surface area contributed by atoms with Crippen molar-refractivity contribution in [2.24, 2.45) is 5.92 Å². The van der Waals surface area contributed by atoms with Crippen molar-refractivity contribution in [1.82, 2.24) is 10.2 Å². The third-order valence-electron chi connectivity index (χ3n) is 6.29. The number of rotatable bonds is 8. The summed E-state index contributed by atoms with van der Waals surface area (Å²) in [5, 5.41) is 3.24. The van der Waals surface area contributed by atoms with Gasteiger partial charge in [0, 0.05) is 25.0 Å². The van der Waals surface area contributed by atoms with Crippen molar-refractivity contribution in [2.45, 2.75) is 64.0 Å². The fourth-order valence-electron chi connectivity index (χ4n) is 4.30. The number of nitrogens with zero attached hydrogens (tertiary/aromatic N) is 1. The molecule has 5 nitrogen and oxygen atoms in total. The largest absolute Gasteiger partial charge is 0.497 e. The molecule has 1 aliphatic heterocycles. The van der Waals surface area contributed by atoms with E-state index < -0.39 is 0 Å². The maximum Gasteiger partial charge on any atom is 0.220 e. The highest BCUT2D eigenvalue weighted by atomic mass is 16.5. The number of hydrogen-bond acceptors (Lipinski definition) is 4. The lowest BCUT2D eigenvalue weighted by molar-refractivity contribution is -0.122. The average Bonchev–Trinajstić information content (AvgIpc) is 2.65. The molecule has 3 rings (SSSR count). The SMILES string of the molecule is COc1ccc(OC)c(CCC(=O)N[C@H](C)[C@H]2CCCN(C3CCC3)C2)c1. The van der Waals surface area contributed by atoms with Crippen LogP contribution in [0.2, 0.25) is 0 Å². The first kappa shape index (κ1) is 20.0. The second-order valence-electron chi connectivity index (χ2n) is 8.02. The summed E-state index contributed by atoms with van der Waals surface area (Å²) in [6.07, 6.45) is 7.68. The topological polar surface area (TPSA) is 50.8 Å². The molecule has 1 amide bonds. The van der Waals surface area contributed by atoms with Crippen molar-refractivity contribution < 1.29 is 14.3 Å². The Labute approximate surface area is 163 Å². The van der Waals surface area contributed by atoms with Gasteiger partial charge in [0.2, 0.25) is 5.91 Å². The van der Waals surface area contributed by atoms with E-state index in [1.165, 1.54) is 38.6 Å². The van der Waals surface area contributed by atoms with E-state index in [9.17, 15) is 4.79 Å². The summed E-state index contributed by atoms with van der Waals surface area (Å²) >= 11 is 0. The first-order chi connectivity index (χ1) is 13.1. The second kappa shape index (κ2) is 9.45. The molecule has 2 atom stereocenters. The Morgan fingerprint density at radius 3 is 2.70 bits per heavy atom. The van der Waals surface area contributed by atoms with Crippen LogP contribution >= 0.6 is 0 Å². The maximum atomic E-state index is 12.5. The highest BCUT2D eigenvalue weighted by Gasteiger charge is 2.31. The van der Waals surface area contributed by atoms with Gasteiger partial charge in [-0.15, -0.1) is 0 Å². The number of carbonyl (C=O) groups is 1. The van der Waals surface area contributed by atoms with Gasteiger partial charge in [0.25, 0.3) is 0 Å². The van der Waals surface area contributed by atoms with Gasteiger partial charge in [0.1, 0.15) is 11.5 Å². The molecular formula is C22H34N2O3. The smallest absolute Gasteiger partial charge is 0.220 e. The zero-order valence-electron chi connectivity index (χ0n) is 17.0. The molecule has 0 aromatic heterocycles. The fraction of sp³-hybridized carbons (Fsp3) is 0.682. The van der Waals surface area contributed by atoms with Gasteiger partial charge in [-0.25, -0.2) is 0 Å². The van der Waals surface area contributed by atoms with Crippen molar-refractivity contribution in [3.8, 4) is 11.5 Å². The van der Waals surface area contributed by atoms with Crippen LogP contribution in [0.25, 0.3) is 0 Å². The van der Waals surface area contributed by atoms with Crippen LogP contribution in [0.1, 0.15) is 51.0 Å². The number of benzene rings is 1. The Hall–Kier alpha value is -1.75. The zero-order chi connectivity index (χ0) is 19.2. The normalized spacial score (nSPS) is 22.0. The molecule has 2 fully saturated rings. The third-order valence-corrected chi connectivity index (χ3v) is 6.29. The lowest BCUT2D eigenvalue weighted by atomic mass is 9.85. The van der Waals surface area contributed by atoms with Gasteiger partial charge in [0.15, 0.2) is 0 Å². The van der Waals surface area contributed by atoms with Gasteiger partial charge in [0.05, 0.1) is 14.2 Å². The molecule has 1 saturated heterocycles. The van der Waals surface area contributed by atoms with E-state index in [4.69, 9.17) is 9.47 Å². The summed E-state index contributed by atoms with van der Waals surface area (Å²) in [6.45, 7) is 4.53. The van der Waals surface area contributed by atoms with E-state index in [1.807, 2.05) is 18.2 Å². The molecular weight excluding hydrogens is 340 g/mol. The number of aryl methyl sites for hydroxylation is 1. The average molecular weight is 375 g/mol. The number of piperidine rings is 1. The van der Waals surface area contributed by atoms with Crippen LogP contribution in [-0.2, 0) is 11.2 Å². The van der Waals surface area contributed by atoms with Crippen molar-refractivity contribution >= 4 is 5.91 Å². The Kier molecular flexibility index (Phi) is 7.00. The Morgan fingerprint density at radius 2 is 2.04 bits per heavy atom. The Morgan fingerprint density at radius 1 is 1.22 bits per heavy atom. The molecule has 0 spiro atoms. The molecule has 1 aromatic rings. The number of nitrogens with one attached hydrogen (secondary N) is 1. The van der Waals surface area contributed by atoms with Crippen LogP contribution < -0.4 is 14.8 Å². The lowest BCUT2D eigenvalue weighted by Gasteiger charge is -2.43. The predicted octanol–water partition coefficient (Wildman–Crippen LogP) is 3.41. The van der Waals surface area contributed by atoms with E-state index >= 15 is 0 Å². The van der Waals surface area contributed by atoms with E-state index in [-0.39, 0.29) is 11.9 Å². The molecule has 2 aliphatic rings. The summed E-state index contributed by atoms with van der Waals surface area (Å²) in [6, 6.07) is 6.75. The number of likely N-dealkylation sites (tertiary alicyclic amines) is 1. The quantitative estimate of drug-likeness (QED) is 0.758. The highest BCUT2D eigenvalue weighted by Crippen LogP contribution is 2.30. The fourth-order valence-corrected chi connectivity index (χ4v) is 4.30. The van der Waals surface area contributed by atoms with Crippen molar-refractivity contribution in [3.63, 3.8) is 0 Å². The second-order valence-corrected chi connectivity index (χ2v) is 8.02. The van der Waals surface area contributed by atoms with E-state index in [0.29, 0.717) is 18.8 Å². The monoisotopic (exact) mass is 374 g/mol. The van der Waals surface area contributed by atoms with Gasteiger partial charge in [-0.2, -0.15) is 0 Å². The number of carbonyl (C=O) groups excluding carboxylic acids is 1. The van der Waals surface area contributed by atoms with Crippen LogP contribution in [0, 0.1) is 5.92 Å². The molecule has 1 N–H and O–H groups in total. The van der Waals surface area contributed by atoms with Gasteiger partial charge >= 0.3 is 0 Å². The molecule has 27 heavy (non-hydrogen) atoms. The van der Waals surface area contributed by atoms with E-state index in [0.717, 1.165) is 29.6 Å². The molecule has 5 heteroatoms. The first-order valence-electron chi connectivity index (χ1n) is 10.3. The van der Waals surface area contributed by atoms with Crippen molar-refractivity contribution in [1.29, 1.82) is 0 Å². The van der Waals surface area contributed by atoms with Gasteiger partial charge in [-0.05, 0) is 75.3 Å². The number of hydrogen-bond donors (Lipinski definition) is 1. The highest BCUT2D eigenvalue weighted by molar-refractivity contribution is 5.76. The zero-order valence-corrected chi connectivity index (χ0v) is 17.0. The molecule has 1 aliphatic carbocycles. The third kappa shape index (κ3) is 5.16. The summed E-state index contributed by atoms with van der Waals surface area (Å²) in [5.41, 5.74) is 1.01. The minimum absolute atomic E-state index is 0.119. The van der Waals surface area contributed by atoms with Gasteiger partial charge in [-0.3, -0.25) is 4.79 Å². The Balaban J connectivity index is 1.48. The van der Waals surface area contributed by atoms with Crippen LogP contribution in [0.4, 0.5) is 0 Å². The predicted molar refractivity (Wildman–Crippen MR) is 107 cm³/mol. The van der Waals surface area contributed by atoms with Crippen LogP contribution in [-0.4, -0.2) is 50.2 Å². The standard InChI is InChI=1S/C22H34N2O3/c1-16(18-6-5-13-24(15-18)19-7-4-8-19)23-22(25)12-9-17-14-20(26-2)10-11-21(17)27-3/h10-11,14,16,18-19H,4-9,12-13,15H2,1-3H3,(H,23,25)/t16-,18+/m1/s1. The molecule has 0 radical (unpaired) electrons. The summed E-state index contributed by atoms with van der Waals surface area (Å²) < 4.78 is 10.7. The number of amides is 1. The summed E-state index contributed by atoms with van der Waals surface area (Å²) in [5.74, 6) is 2.28. The van der Waals surface area contributed by atoms with Crippen LogP contribution in [0.3, 0.4) is 0 Å². The molecule has 1 heterocycles. The van der Waals surface area contributed by atoms with E-state index in [1.54, 1.807) is 14.2 Å². The molecule has 0 unspecified atom stereocenters. The maximum absolute atomic E-state index is 12.5. The molecule has 0 bridgehead atoms. The van der Waals surface area contributed by atoms with E-state index in [2.05, 4.69) is 17.1 Å². The first-order valence-corrected chi connectivity index (χ1v) is 10.3. The number of ether oxygens (including phenoxy) is 2. The van der Waals surface area contributed by atoms with Crippen molar-refractivity contribution in [3.05, 3.63) is 23.8 Å². The summed E-state index contributed by atoms with van der Waals surface area (Å²) in [7, 11) is 3.31.